The lowest BCUT2D eigenvalue weighted by atomic mass is 9.63. The van der Waals surface area contributed by atoms with Crippen LogP contribution >= 0.6 is 0 Å². The molecule has 0 spiro atoms. The van der Waals surface area contributed by atoms with Gasteiger partial charge in [0, 0.05) is 11.3 Å². The number of allylic oxidation sites excluding steroid dienone is 2. The first kappa shape index (κ1) is 21.8. The van der Waals surface area contributed by atoms with Gasteiger partial charge in [0.25, 0.3) is 5.91 Å². The minimum absolute atomic E-state index is 0.112. The zero-order valence-corrected chi connectivity index (χ0v) is 19.3. The Morgan fingerprint density at radius 1 is 0.886 bits per heavy atom. The van der Waals surface area contributed by atoms with Crippen molar-refractivity contribution in [3.05, 3.63) is 71.8 Å². The number of hydrogen-bond donors (Lipinski definition) is 1. The van der Waals surface area contributed by atoms with Crippen LogP contribution in [0.15, 0.2) is 60.7 Å². The van der Waals surface area contributed by atoms with Gasteiger partial charge >= 0.3 is 5.97 Å². The molecule has 3 amide bonds. The number of nitrogens with one attached hydrogen (secondary N) is 1. The second-order valence-electron chi connectivity index (χ2n) is 9.88. The number of imide groups is 1. The number of nitrogens with zero attached hydrogens (tertiary/aromatic N) is 1. The average molecular weight is 471 g/mol. The van der Waals surface area contributed by atoms with Gasteiger partial charge in [-0.1, -0.05) is 19.1 Å². The van der Waals surface area contributed by atoms with Crippen molar-refractivity contribution in [2.24, 2.45) is 35.5 Å². The van der Waals surface area contributed by atoms with Gasteiger partial charge in [0.05, 0.1) is 29.7 Å². The van der Waals surface area contributed by atoms with Crippen LogP contribution in [0.4, 0.5) is 11.4 Å². The molecule has 7 heteroatoms. The van der Waals surface area contributed by atoms with Crippen LogP contribution in [0, 0.1) is 35.5 Å². The summed E-state index contributed by atoms with van der Waals surface area (Å²) in [5, 5.41) is 2.80. The number of esters is 1. The standard InChI is InChI=1S/C28H26N2O5/c1-2-13-35-28(34)16-3-7-17(8-4-16)29-25(31)15-5-9-18(10-6-15)30-26(32)23-19-11-12-20(22-14-21(19)22)24(23)27(30)33/h3-12,19-24H,2,13-14H2,1H3,(H,29,31)/t19-,20+,21-,22-,23+,24-/m1/s1. The van der Waals surface area contributed by atoms with E-state index in [9.17, 15) is 19.2 Å². The molecule has 7 rings (SSSR count). The van der Waals surface area contributed by atoms with Crippen molar-refractivity contribution in [3.63, 3.8) is 0 Å². The Morgan fingerprint density at radius 2 is 1.46 bits per heavy atom. The number of benzene rings is 2. The molecule has 4 aliphatic carbocycles. The molecule has 2 saturated carbocycles. The summed E-state index contributed by atoms with van der Waals surface area (Å²) in [5.41, 5.74) is 1.87. The zero-order chi connectivity index (χ0) is 24.3. The van der Waals surface area contributed by atoms with E-state index in [1.807, 2.05) is 6.92 Å². The molecular formula is C28H26N2O5. The van der Waals surface area contributed by atoms with Gasteiger partial charge in [-0.05, 0) is 85.0 Å². The second kappa shape index (κ2) is 8.18. The molecule has 178 valence electrons. The predicted octanol–water partition coefficient (Wildman–Crippen LogP) is 4.06. The number of ether oxygens (including phenoxy) is 1. The van der Waals surface area contributed by atoms with E-state index in [1.165, 1.54) is 4.90 Å². The molecule has 1 saturated heterocycles. The third-order valence-corrected chi connectivity index (χ3v) is 7.87. The van der Waals surface area contributed by atoms with Crippen LogP contribution in [0.3, 0.4) is 0 Å². The maximum atomic E-state index is 13.3. The predicted molar refractivity (Wildman–Crippen MR) is 129 cm³/mol. The van der Waals surface area contributed by atoms with Gasteiger partial charge in [-0.2, -0.15) is 0 Å². The average Bonchev–Trinajstić information content (AvgIpc) is 3.66. The lowest BCUT2D eigenvalue weighted by molar-refractivity contribution is -0.124. The third-order valence-electron chi connectivity index (χ3n) is 7.87. The van der Waals surface area contributed by atoms with Gasteiger partial charge in [-0.15, -0.1) is 0 Å². The highest BCUT2D eigenvalue weighted by molar-refractivity contribution is 6.22. The van der Waals surface area contributed by atoms with Crippen LogP contribution < -0.4 is 10.2 Å². The maximum Gasteiger partial charge on any atom is 0.338 e. The van der Waals surface area contributed by atoms with Gasteiger partial charge in [-0.25, -0.2) is 4.79 Å². The minimum Gasteiger partial charge on any atom is -0.462 e. The van der Waals surface area contributed by atoms with Crippen LogP contribution in [0.2, 0.25) is 0 Å². The van der Waals surface area contributed by atoms with Gasteiger partial charge in [0.1, 0.15) is 0 Å². The summed E-state index contributed by atoms with van der Waals surface area (Å²) < 4.78 is 5.11. The number of amides is 3. The van der Waals surface area contributed by atoms with Crippen molar-refractivity contribution in [2.45, 2.75) is 19.8 Å². The van der Waals surface area contributed by atoms with Gasteiger partial charge < -0.3 is 10.1 Å². The van der Waals surface area contributed by atoms with Gasteiger partial charge in [-0.3, -0.25) is 19.3 Å². The van der Waals surface area contributed by atoms with Gasteiger partial charge in [0.15, 0.2) is 0 Å². The number of carbonyl (C=O) groups excluding carboxylic acids is 4. The van der Waals surface area contributed by atoms with E-state index < -0.39 is 5.97 Å². The van der Waals surface area contributed by atoms with E-state index in [0.29, 0.717) is 40.9 Å². The first-order valence-corrected chi connectivity index (χ1v) is 12.2. The van der Waals surface area contributed by atoms with Crippen LogP contribution in [0.5, 0.6) is 0 Å². The SMILES string of the molecule is CCCOC(=O)c1ccc(NC(=O)c2ccc(N3C(=O)[C@@H]4[C@H]5C=C[C@H]([C@H]6C[C@H]56)[C@@H]4C3=O)cc2)cc1. The van der Waals surface area contributed by atoms with Crippen LogP contribution in [-0.4, -0.2) is 30.3 Å². The van der Waals surface area contributed by atoms with Gasteiger partial charge in [0.2, 0.25) is 11.8 Å². The molecular weight excluding hydrogens is 444 g/mol. The molecule has 7 nitrogen and oxygen atoms in total. The molecule has 2 aromatic rings. The molecule has 0 unspecified atom stereocenters. The van der Waals surface area contributed by atoms with E-state index in [0.717, 1.165) is 12.8 Å². The second-order valence-corrected chi connectivity index (χ2v) is 9.88. The number of carbonyl (C=O) groups is 4. The fourth-order valence-corrected chi connectivity index (χ4v) is 6.14. The minimum atomic E-state index is -0.396. The molecule has 0 aromatic heterocycles. The van der Waals surface area contributed by atoms with Crippen molar-refractivity contribution in [2.75, 3.05) is 16.8 Å². The Labute approximate surface area is 203 Å². The zero-order valence-electron chi connectivity index (χ0n) is 19.3. The summed E-state index contributed by atoms with van der Waals surface area (Å²) in [4.78, 5) is 52.5. The monoisotopic (exact) mass is 470 g/mol. The van der Waals surface area contributed by atoms with E-state index in [4.69, 9.17) is 4.74 Å². The Bertz CT molecular complexity index is 1210. The quantitative estimate of drug-likeness (QED) is 0.390. The van der Waals surface area contributed by atoms with E-state index in [1.54, 1.807) is 48.5 Å². The third kappa shape index (κ3) is 3.49. The molecule has 3 fully saturated rings. The summed E-state index contributed by atoms with van der Waals surface area (Å²) in [6, 6.07) is 13.0. The molecule has 0 radical (unpaired) electrons. The summed E-state index contributed by atoms with van der Waals surface area (Å²) in [6.45, 7) is 2.29. The first-order chi connectivity index (χ1) is 17.0. The van der Waals surface area contributed by atoms with Crippen molar-refractivity contribution in [3.8, 4) is 0 Å². The lowest BCUT2D eigenvalue weighted by Gasteiger charge is -2.37. The molecule has 1 heterocycles. The largest absolute Gasteiger partial charge is 0.462 e. The number of hydrogen-bond acceptors (Lipinski definition) is 5. The highest BCUT2D eigenvalue weighted by atomic mass is 16.5. The van der Waals surface area contributed by atoms with Crippen LogP contribution in [0.25, 0.3) is 0 Å². The summed E-state index contributed by atoms with van der Waals surface area (Å²) in [5.74, 6) is 0.0506. The fourth-order valence-electron chi connectivity index (χ4n) is 6.14. The summed E-state index contributed by atoms with van der Waals surface area (Å²) >= 11 is 0. The normalized spacial score (nSPS) is 29.6. The highest BCUT2D eigenvalue weighted by Crippen LogP contribution is 2.65. The van der Waals surface area contributed by atoms with Crippen molar-refractivity contribution < 1.29 is 23.9 Å². The molecule has 5 aliphatic rings. The fraction of sp³-hybridized carbons (Fsp3) is 0.357. The highest BCUT2D eigenvalue weighted by Gasteiger charge is 2.67. The van der Waals surface area contributed by atoms with Crippen molar-refractivity contribution in [1.29, 1.82) is 0 Å². The topological polar surface area (TPSA) is 92.8 Å². The van der Waals surface area contributed by atoms with E-state index in [-0.39, 0.29) is 41.4 Å². The lowest BCUT2D eigenvalue weighted by Crippen LogP contribution is -2.40. The van der Waals surface area contributed by atoms with Crippen molar-refractivity contribution in [1.82, 2.24) is 0 Å². The maximum absolute atomic E-state index is 13.3. The Kier molecular flexibility index (Phi) is 5.09. The van der Waals surface area contributed by atoms with E-state index in [2.05, 4.69) is 17.5 Å². The van der Waals surface area contributed by atoms with Crippen LogP contribution in [0.1, 0.15) is 40.5 Å². The van der Waals surface area contributed by atoms with Crippen molar-refractivity contribution >= 4 is 35.1 Å². The smallest absolute Gasteiger partial charge is 0.338 e. The molecule has 1 N–H and O–H groups in total. The summed E-state index contributed by atoms with van der Waals surface area (Å²) in [7, 11) is 0. The molecule has 2 aromatic carbocycles. The van der Waals surface area contributed by atoms with Crippen LogP contribution in [-0.2, 0) is 14.3 Å². The molecule has 1 aliphatic heterocycles. The number of anilines is 2. The molecule has 35 heavy (non-hydrogen) atoms. The molecule has 6 atom stereocenters. The Hall–Kier alpha value is -3.74. The summed E-state index contributed by atoms with van der Waals surface area (Å²) in [6.07, 6.45) is 6.19. The Morgan fingerprint density at radius 3 is 2.03 bits per heavy atom. The Balaban J connectivity index is 1.13. The van der Waals surface area contributed by atoms with E-state index >= 15 is 0 Å². The molecule has 2 bridgehead atoms. The number of rotatable bonds is 6. The first-order valence-electron chi connectivity index (χ1n) is 12.2.